The summed E-state index contributed by atoms with van der Waals surface area (Å²) >= 11 is 0. The molecule has 0 spiro atoms. The molecule has 3 nitrogen and oxygen atoms in total. The number of benzene rings is 1. The zero-order chi connectivity index (χ0) is 16.5. The van der Waals surface area contributed by atoms with Gasteiger partial charge in [0, 0.05) is 11.8 Å². The number of aromatic amines is 1. The fraction of sp³-hybridized carbons (Fsp3) is 0.550. The molecule has 2 rings (SSSR count). The Morgan fingerprint density at radius 2 is 1.87 bits per heavy atom. The Hall–Kier alpha value is -1.61. The second kappa shape index (κ2) is 9.51. The standard InChI is InChI=1S/C20H31N3/c1-4-5-6-10-13-18(21-14-16(2)3)20-22-15-19(23-20)17-11-8-7-9-12-17/h7-9,11-12,15-16,18,21H,4-6,10,13-14H2,1-3H3,(H,22,23)/t18-/m0/s1. The monoisotopic (exact) mass is 313 g/mol. The van der Waals surface area contributed by atoms with Crippen molar-refractivity contribution in [2.45, 2.75) is 58.9 Å². The van der Waals surface area contributed by atoms with Crippen molar-refractivity contribution >= 4 is 0 Å². The maximum atomic E-state index is 4.84. The molecular weight excluding hydrogens is 282 g/mol. The highest BCUT2D eigenvalue weighted by atomic mass is 15.0. The average Bonchev–Trinajstić information content (AvgIpc) is 3.04. The molecule has 0 bridgehead atoms. The average molecular weight is 313 g/mol. The number of nitrogens with zero attached hydrogens (tertiary/aromatic N) is 1. The first-order chi connectivity index (χ1) is 11.2. The summed E-state index contributed by atoms with van der Waals surface area (Å²) in [7, 11) is 0. The number of rotatable bonds is 10. The molecule has 0 saturated heterocycles. The lowest BCUT2D eigenvalue weighted by Gasteiger charge is -2.18. The first-order valence-corrected chi connectivity index (χ1v) is 9.04. The van der Waals surface area contributed by atoms with Crippen LogP contribution in [0.25, 0.3) is 11.3 Å². The van der Waals surface area contributed by atoms with Crippen LogP contribution in [0.5, 0.6) is 0 Å². The van der Waals surface area contributed by atoms with E-state index < -0.39 is 0 Å². The number of H-pyrrole nitrogens is 1. The highest BCUT2D eigenvalue weighted by Gasteiger charge is 2.15. The van der Waals surface area contributed by atoms with Gasteiger partial charge in [0.2, 0.25) is 0 Å². The molecule has 23 heavy (non-hydrogen) atoms. The van der Waals surface area contributed by atoms with Gasteiger partial charge in [0.1, 0.15) is 5.82 Å². The predicted octanol–water partition coefficient (Wildman–Crippen LogP) is 5.33. The van der Waals surface area contributed by atoms with Crippen molar-refractivity contribution in [2.75, 3.05) is 6.54 Å². The summed E-state index contributed by atoms with van der Waals surface area (Å²) in [5, 5.41) is 3.68. The highest BCUT2D eigenvalue weighted by molar-refractivity contribution is 5.58. The van der Waals surface area contributed by atoms with Crippen LogP contribution >= 0.6 is 0 Å². The SMILES string of the molecule is CCCCCC[C@H](NCC(C)C)c1nc(-c2ccccc2)c[nH]1. The number of hydrogen-bond acceptors (Lipinski definition) is 2. The van der Waals surface area contributed by atoms with Crippen molar-refractivity contribution in [1.82, 2.24) is 15.3 Å². The molecule has 0 fully saturated rings. The summed E-state index contributed by atoms with van der Waals surface area (Å²) in [5.41, 5.74) is 2.20. The van der Waals surface area contributed by atoms with Gasteiger partial charge >= 0.3 is 0 Å². The van der Waals surface area contributed by atoms with E-state index in [0.29, 0.717) is 12.0 Å². The van der Waals surface area contributed by atoms with E-state index in [2.05, 4.69) is 55.3 Å². The minimum atomic E-state index is 0.326. The fourth-order valence-electron chi connectivity index (χ4n) is 2.76. The number of aromatic nitrogens is 2. The van der Waals surface area contributed by atoms with Gasteiger partial charge in [-0.25, -0.2) is 4.98 Å². The van der Waals surface area contributed by atoms with Gasteiger partial charge < -0.3 is 10.3 Å². The van der Waals surface area contributed by atoms with Crippen LogP contribution < -0.4 is 5.32 Å². The zero-order valence-corrected chi connectivity index (χ0v) is 14.8. The minimum Gasteiger partial charge on any atom is -0.347 e. The van der Waals surface area contributed by atoms with Crippen LogP contribution in [0.4, 0.5) is 0 Å². The maximum Gasteiger partial charge on any atom is 0.124 e. The van der Waals surface area contributed by atoms with E-state index in [9.17, 15) is 0 Å². The van der Waals surface area contributed by atoms with Gasteiger partial charge in [-0.2, -0.15) is 0 Å². The summed E-state index contributed by atoms with van der Waals surface area (Å²) in [4.78, 5) is 8.23. The second-order valence-corrected chi connectivity index (χ2v) is 6.74. The molecule has 0 amide bonds. The molecule has 0 radical (unpaired) electrons. The van der Waals surface area contributed by atoms with E-state index in [1.165, 1.54) is 31.2 Å². The molecule has 1 heterocycles. The van der Waals surface area contributed by atoms with E-state index in [1.807, 2.05) is 12.3 Å². The molecule has 0 aliphatic heterocycles. The van der Waals surface area contributed by atoms with Crippen molar-refractivity contribution in [2.24, 2.45) is 5.92 Å². The van der Waals surface area contributed by atoms with Crippen LogP contribution in [0.2, 0.25) is 0 Å². The Kier molecular flexibility index (Phi) is 7.34. The van der Waals surface area contributed by atoms with Crippen LogP contribution in [-0.4, -0.2) is 16.5 Å². The summed E-state index contributed by atoms with van der Waals surface area (Å²) < 4.78 is 0. The fourth-order valence-corrected chi connectivity index (χ4v) is 2.76. The van der Waals surface area contributed by atoms with E-state index in [-0.39, 0.29) is 0 Å². The predicted molar refractivity (Wildman–Crippen MR) is 98.4 cm³/mol. The Bertz CT molecular complexity index is 545. The molecule has 0 aliphatic rings. The molecule has 126 valence electrons. The summed E-state index contributed by atoms with van der Waals surface area (Å²) in [5.74, 6) is 1.72. The van der Waals surface area contributed by atoms with E-state index in [0.717, 1.165) is 24.5 Å². The number of hydrogen-bond donors (Lipinski definition) is 2. The van der Waals surface area contributed by atoms with Gasteiger partial charge in [0.25, 0.3) is 0 Å². The quantitative estimate of drug-likeness (QED) is 0.582. The third kappa shape index (κ3) is 5.83. The lowest BCUT2D eigenvalue weighted by Crippen LogP contribution is -2.26. The summed E-state index contributed by atoms with van der Waals surface area (Å²) in [6.07, 6.45) is 8.34. The Balaban J connectivity index is 2.03. The van der Waals surface area contributed by atoms with Crippen LogP contribution in [0.1, 0.15) is 64.7 Å². The van der Waals surface area contributed by atoms with Crippen molar-refractivity contribution in [1.29, 1.82) is 0 Å². The first kappa shape index (κ1) is 17.7. The minimum absolute atomic E-state index is 0.326. The van der Waals surface area contributed by atoms with Crippen molar-refractivity contribution < 1.29 is 0 Å². The zero-order valence-electron chi connectivity index (χ0n) is 14.8. The maximum absolute atomic E-state index is 4.84. The van der Waals surface area contributed by atoms with Gasteiger partial charge in [-0.15, -0.1) is 0 Å². The van der Waals surface area contributed by atoms with E-state index >= 15 is 0 Å². The smallest absolute Gasteiger partial charge is 0.124 e. The molecule has 1 aromatic carbocycles. The van der Waals surface area contributed by atoms with Crippen LogP contribution in [0.3, 0.4) is 0 Å². The lowest BCUT2D eigenvalue weighted by atomic mass is 10.1. The molecular formula is C20H31N3. The summed E-state index contributed by atoms with van der Waals surface area (Å²) in [6, 6.07) is 10.7. The topological polar surface area (TPSA) is 40.7 Å². The van der Waals surface area contributed by atoms with Crippen LogP contribution in [-0.2, 0) is 0 Å². The van der Waals surface area contributed by atoms with Crippen molar-refractivity contribution in [3.63, 3.8) is 0 Å². The lowest BCUT2D eigenvalue weighted by molar-refractivity contribution is 0.423. The van der Waals surface area contributed by atoms with Gasteiger partial charge in [0.15, 0.2) is 0 Å². The van der Waals surface area contributed by atoms with Crippen molar-refractivity contribution in [3.05, 3.63) is 42.4 Å². The molecule has 0 aliphatic carbocycles. The normalized spacial score (nSPS) is 12.7. The van der Waals surface area contributed by atoms with Gasteiger partial charge in [-0.1, -0.05) is 76.8 Å². The van der Waals surface area contributed by atoms with Gasteiger partial charge in [0.05, 0.1) is 11.7 Å². The number of imidazole rings is 1. The van der Waals surface area contributed by atoms with E-state index in [1.54, 1.807) is 0 Å². The van der Waals surface area contributed by atoms with E-state index in [4.69, 9.17) is 4.98 Å². The van der Waals surface area contributed by atoms with Crippen molar-refractivity contribution in [3.8, 4) is 11.3 Å². The highest BCUT2D eigenvalue weighted by Crippen LogP contribution is 2.22. The molecule has 1 atom stereocenters. The van der Waals surface area contributed by atoms with Crippen LogP contribution in [0, 0.1) is 5.92 Å². The largest absolute Gasteiger partial charge is 0.347 e. The molecule has 2 N–H and O–H groups in total. The van der Waals surface area contributed by atoms with Gasteiger partial charge in [-0.3, -0.25) is 0 Å². The van der Waals surface area contributed by atoms with Gasteiger partial charge in [-0.05, 0) is 18.9 Å². The molecule has 1 aromatic heterocycles. The third-order valence-corrected chi connectivity index (χ3v) is 4.12. The molecule has 3 heteroatoms. The second-order valence-electron chi connectivity index (χ2n) is 6.74. The molecule has 0 saturated carbocycles. The Labute approximate surface area is 140 Å². The molecule has 0 unspecified atom stereocenters. The van der Waals surface area contributed by atoms with Crippen LogP contribution in [0.15, 0.2) is 36.5 Å². The number of unbranched alkanes of at least 4 members (excludes halogenated alkanes) is 3. The molecule has 2 aromatic rings. The first-order valence-electron chi connectivity index (χ1n) is 9.04. The Morgan fingerprint density at radius 1 is 1.09 bits per heavy atom. The Morgan fingerprint density at radius 3 is 2.57 bits per heavy atom. The third-order valence-electron chi connectivity index (χ3n) is 4.12. The number of nitrogens with one attached hydrogen (secondary N) is 2. The summed E-state index contributed by atoms with van der Waals surface area (Å²) in [6.45, 7) is 7.78.